The van der Waals surface area contributed by atoms with Crippen LogP contribution in [-0.4, -0.2) is 22.2 Å². The highest BCUT2D eigenvalue weighted by Crippen LogP contribution is 2.59. The molecule has 21 heavy (non-hydrogen) atoms. The van der Waals surface area contributed by atoms with Crippen LogP contribution in [0, 0.1) is 16.7 Å². The summed E-state index contributed by atoms with van der Waals surface area (Å²) >= 11 is 0. The van der Waals surface area contributed by atoms with Crippen LogP contribution in [-0.2, 0) is 9.59 Å². The zero-order valence-electron chi connectivity index (χ0n) is 13.7. The maximum atomic E-state index is 12.2. The van der Waals surface area contributed by atoms with E-state index >= 15 is 0 Å². The third-order valence-electron chi connectivity index (χ3n) is 5.61. The van der Waals surface area contributed by atoms with Gasteiger partial charge in [0.1, 0.15) is 0 Å². The second-order valence-corrected chi connectivity index (χ2v) is 6.66. The second-order valence-electron chi connectivity index (χ2n) is 6.66. The lowest BCUT2D eigenvalue weighted by Crippen LogP contribution is -2.58. The molecule has 4 heteroatoms. The summed E-state index contributed by atoms with van der Waals surface area (Å²) in [6.07, 6.45) is 6.45. The molecule has 0 saturated heterocycles. The molecule has 4 nitrogen and oxygen atoms in total. The van der Waals surface area contributed by atoms with Gasteiger partial charge < -0.3 is 10.2 Å². The van der Waals surface area contributed by atoms with Crippen LogP contribution in [0.5, 0.6) is 0 Å². The lowest BCUT2D eigenvalue weighted by Gasteiger charge is -2.52. The van der Waals surface area contributed by atoms with E-state index in [4.69, 9.17) is 0 Å². The Bertz CT molecular complexity index is 379. The molecule has 0 aromatic rings. The van der Waals surface area contributed by atoms with E-state index in [0.29, 0.717) is 19.3 Å². The van der Waals surface area contributed by atoms with Crippen molar-refractivity contribution in [3.05, 3.63) is 0 Å². The summed E-state index contributed by atoms with van der Waals surface area (Å²) in [4.78, 5) is 24.4. The van der Waals surface area contributed by atoms with Crippen LogP contribution >= 0.6 is 0 Å². The SMILES string of the molecule is CCCCC1(C(=O)O)CCCC(C)C1(CCCC)C(=O)O. The summed E-state index contributed by atoms with van der Waals surface area (Å²) in [6, 6.07) is 0. The Balaban J connectivity index is 3.36. The van der Waals surface area contributed by atoms with Crippen LogP contribution < -0.4 is 0 Å². The molecule has 1 rings (SSSR count). The average Bonchev–Trinajstić information content (AvgIpc) is 2.43. The first-order valence-corrected chi connectivity index (χ1v) is 8.35. The molecule has 0 spiro atoms. The van der Waals surface area contributed by atoms with Crippen molar-refractivity contribution in [1.29, 1.82) is 0 Å². The third-order valence-corrected chi connectivity index (χ3v) is 5.61. The Kier molecular flexibility index (Phi) is 6.24. The summed E-state index contributed by atoms with van der Waals surface area (Å²) in [6.45, 7) is 5.99. The van der Waals surface area contributed by atoms with Gasteiger partial charge in [0.25, 0.3) is 0 Å². The monoisotopic (exact) mass is 298 g/mol. The Labute approximate surface area is 127 Å². The summed E-state index contributed by atoms with van der Waals surface area (Å²) in [5.74, 6) is -1.88. The van der Waals surface area contributed by atoms with E-state index in [1.165, 1.54) is 0 Å². The fourth-order valence-electron chi connectivity index (χ4n) is 4.35. The number of rotatable bonds is 8. The van der Waals surface area contributed by atoms with Gasteiger partial charge in [0.05, 0.1) is 10.8 Å². The second kappa shape index (κ2) is 7.28. The number of hydrogen-bond acceptors (Lipinski definition) is 2. The lowest BCUT2D eigenvalue weighted by atomic mass is 9.48. The molecule has 2 N–H and O–H groups in total. The average molecular weight is 298 g/mol. The van der Waals surface area contributed by atoms with E-state index in [-0.39, 0.29) is 5.92 Å². The first-order valence-electron chi connectivity index (χ1n) is 8.35. The number of carboxylic acid groups (broad SMARTS) is 2. The molecule has 122 valence electrons. The highest BCUT2D eigenvalue weighted by atomic mass is 16.4. The molecule has 1 aliphatic rings. The molecule has 1 aliphatic carbocycles. The summed E-state index contributed by atoms with van der Waals surface area (Å²) in [5.41, 5.74) is -2.20. The summed E-state index contributed by atoms with van der Waals surface area (Å²) in [5, 5.41) is 20.0. The van der Waals surface area contributed by atoms with E-state index in [9.17, 15) is 19.8 Å². The van der Waals surface area contributed by atoms with Crippen molar-refractivity contribution in [1.82, 2.24) is 0 Å². The van der Waals surface area contributed by atoms with Crippen molar-refractivity contribution in [2.24, 2.45) is 16.7 Å². The van der Waals surface area contributed by atoms with Gasteiger partial charge in [-0.25, -0.2) is 0 Å². The zero-order valence-corrected chi connectivity index (χ0v) is 13.7. The van der Waals surface area contributed by atoms with E-state index < -0.39 is 22.8 Å². The molecule has 3 unspecified atom stereocenters. The van der Waals surface area contributed by atoms with Crippen molar-refractivity contribution in [3.8, 4) is 0 Å². The Morgan fingerprint density at radius 3 is 2.10 bits per heavy atom. The van der Waals surface area contributed by atoms with Gasteiger partial charge in [-0.1, -0.05) is 52.9 Å². The molecular weight excluding hydrogens is 268 g/mol. The fraction of sp³-hybridized carbons (Fsp3) is 0.882. The highest BCUT2D eigenvalue weighted by Gasteiger charge is 2.63. The van der Waals surface area contributed by atoms with Crippen LogP contribution in [0.3, 0.4) is 0 Å². The predicted molar refractivity (Wildman–Crippen MR) is 82.2 cm³/mol. The summed E-state index contributed by atoms with van der Waals surface area (Å²) in [7, 11) is 0. The van der Waals surface area contributed by atoms with Crippen LogP contribution in [0.2, 0.25) is 0 Å². The normalized spacial score (nSPS) is 32.8. The van der Waals surface area contributed by atoms with Gasteiger partial charge in [-0.2, -0.15) is 0 Å². The van der Waals surface area contributed by atoms with Gasteiger partial charge in [-0.05, 0) is 31.6 Å². The maximum Gasteiger partial charge on any atom is 0.311 e. The van der Waals surface area contributed by atoms with E-state index in [1.54, 1.807) is 0 Å². The van der Waals surface area contributed by atoms with Crippen LogP contribution in [0.15, 0.2) is 0 Å². The molecule has 0 aliphatic heterocycles. The summed E-state index contributed by atoms with van der Waals surface area (Å²) < 4.78 is 0. The fourth-order valence-corrected chi connectivity index (χ4v) is 4.35. The molecule has 0 aromatic heterocycles. The van der Waals surface area contributed by atoms with Gasteiger partial charge in [0.2, 0.25) is 0 Å². The van der Waals surface area contributed by atoms with Gasteiger partial charge in [0, 0.05) is 0 Å². The minimum atomic E-state index is -1.11. The Morgan fingerprint density at radius 2 is 1.62 bits per heavy atom. The minimum absolute atomic E-state index is 0.0803. The Hall–Kier alpha value is -1.06. The third kappa shape index (κ3) is 2.95. The number of hydrogen-bond donors (Lipinski definition) is 2. The van der Waals surface area contributed by atoms with Crippen molar-refractivity contribution in [3.63, 3.8) is 0 Å². The largest absolute Gasteiger partial charge is 0.481 e. The molecule has 0 aromatic carbocycles. The van der Waals surface area contributed by atoms with E-state index in [2.05, 4.69) is 0 Å². The first-order chi connectivity index (χ1) is 9.89. The molecule has 1 saturated carbocycles. The molecule has 0 amide bonds. The smallest absolute Gasteiger partial charge is 0.311 e. The predicted octanol–water partition coefficient (Wildman–Crippen LogP) is 4.33. The van der Waals surface area contributed by atoms with Gasteiger partial charge in [-0.3, -0.25) is 9.59 Å². The minimum Gasteiger partial charge on any atom is -0.481 e. The van der Waals surface area contributed by atoms with Crippen molar-refractivity contribution >= 4 is 11.9 Å². The highest BCUT2D eigenvalue weighted by molar-refractivity contribution is 5.87. The van der Waals surface area contributed by atoms with Crippen molar-refractivity contribution < 1.29 is 19.8 Å². The Morgan fingerprint density at radius 1 is 1.05 bits per heavy atom. The first kappa shape index (κ1) is 18.0. The van der Waals surface area contributed by atoms with Gasteiger partial charge >= 0.3 is 11.9 Å². The van der Waals surface area contributed by atoms with Crippen molar-refractivity contribution in [2.45, 2.75) is 78.6 Å². The number of unbranched alkanes of at least 4 members (excludes halogenated alkanes) is 2. The zero-order chi connectivity index (χ0) is 16.1. The van der Waals surface area contributed by atoms with E-state index in [1.807, 2.05) is 20.8 Å². The van der Waals surface area contributed by atoms with Crippen LogP contribution in [0.1, 0.15) is 78.6 Å². The molecular formula is C17H30O4. The maximum absolute atomic E-state index is 12.2. The molecule has 0 bridgehead atoms. The number of carbonyl (C=O) groups is 2. The molecule has 0 heterocycles. The van der Waals surface area contributed by atoms with Crippen molar-refractivity contribution in [2.75, 3.05) is 0 Å². The number of carboxylic acids is 2. The van der Waals surface area contributed by atoms with Crippen LogP contribution in [0.4, 0.5) is 0 Å². The topological polar surface area (TPSA) is 74.6 Å². The molecule has 3 atom stereocenters. The van der Waals surface area contributed by atoms with Crippen LogP contribution in [0.25, 0.3) is 0 Å². The quantitative estimate of drug-likeness (QED) is 0.699. The van der Waals surface area contributed by atoms with Gasteiger partial charge in [-0.15, -0.1) is 0 Å². The number of aliphatic carboxylic acids is 2. The van der Waals surface area contributed by atoms with Gasteiger partial charge in [0.15, 0.2) is 0 Å². The standard InChI is InChI=1S/C17H30O4/c1-4-6-10-16(14(18)19)11-8-9-13(3)17(16,15(20)21)12-7-5-2/h13H,4-12H2,1-3H3,(H,18,19)(H,20,21). The molecule has 1 fully saturated rings. The van der Waals surface area contributed by atoms with E-state index in [0.717, 1.165) is 38.5 Å². The lowest BCUT2D eigenvalue weighted by molar-refractivity contribution is -0.189. The molecule has 0 radical (unpaired) electrons.